The van der Waals surface area contributed by atoms with Crippen LogP contribution in [0.3, 0.4) is 0 Å². The number of hydrogen-bond donors (Lipinski definition) is 3. The smallest absolute Gasteiger partial charge is 0.270 e. The lowest BCUT2D eigenvalue weighted by Crippen LogP contribution is -2.38. The molecule has 0 bridgehead atoms. The average Bonchev–Trinajstić information content (AvgIpc) is 4.27. The van der Waals surface area contributed by atoms with E-state index in [4.69, 9.17) is 36.8 Å². The van der Waals surface area contributed by atoms with Crippen molar-refractivity contribution in [3.63, 3.8) is 0 Å². The lowest BCUT2D eigenvalue weighted by Gasteiger charge is -2.28. The molecule has 5 aromatic rings. The first kappa shape index (κ1) is 53.3. The molecule has 0 spiro atoms. The second-order valence-electron chi connectivity index (χ2n) is 20.2. The summed E-state index contributed by atoms with van der Waals surface area (Å²) >= 11 is 6.64. The van der Waals surface area contributed by atoms with Gasteiger partial charge in [0.25, 0.3) is 13.0 Å². The topological polar surface area (TPSA) is 143 Å². The zero-order chi connectivity index (χ0) is 51.3. The molecule has 3 N–H and O–H groups in total. The number of morpholine rings is 1. The highest BCUT2D eigenvalue weighted by Crippen LogP contribution is 2.60. The van der Waals surface area contributed by atoms with Gasteiger partial charge in [0.05, 0.1) is 36.0 Å². The number of amides is 1. The van der Waals surface area contributed by atoms with Crippen molar-refractivity contribution in [3.05, 3.63) is 115 Å². The van der Waals surface area contributed by atoms with Crippen LogP contribution >= 0.6 is 11.6 Å². The fourth-order valence-electron chi connectivity index (χ4n) is 10.6. The van der Waals surface area contributed by atoms with Gasteiger partial charge in [-0.05, 0) is 125 Å². The number of carbonyl (C=O) groups is 1. The summed E-state index contributed by atoms with van der Waals surface area (Å²) < 4.78 is 66.1. The maximum atomic E-state index is 14.9. The Labute approximate surface area is 425 Å². The molecule has 5 aliphatic rings. The van der Waals surface area contributed by atoms with E-state index in [-0.39, 0.29) is 77.6 Å². The molecule has 4 fully saturated rings. The van der Waals surface area contributed by atoms with E-state index in [1.54, 1.807) is 42.9 Å². The molecule has 3 saturated carbocycles. The van der Waals surface area contributed by atoms with Crippen LogP contribution in [0.15, 0.2) is 47.3 Å². The van der Waals surface area contributed by atoms with Crippen LogP contribution < -0.4 is 16.1 Å². The van der Waals surface area contributed by atoms with Crippen LogP contribution in [0.2, 0.25) is 5.02 Å². The molecule has 4 aliphatic carbocycles. The number of pyridine rings is 1. The van der Waals surface area contributed by atoms with Crippen molar-refractivity contribution in [3.8, 4) is 5.69 Å². The fourth-order valence-corrected chi connectivity index (χ4v) is 10.9. The van der Waals surface area contributed by atoms with Gasteiger partial charge in [0.1, 0.15) is 24.0 Å². The fraction of sp³-hybridized carbons (Fsp3) is 0.556. The second kappa shape index (κ2) is 23.5. The molecule has 72 heavy (non-hydrogen) atoms. The monoisotopic (exact) mass is 1010 g/mol. The average molecular weight is 1010 g/mol. The standard InChI is InChI=1S/C42H41BClF4N8O2.C9H19NO.C3H8/c1-20-32(8-6-29(44)35(20)38(49)43-50-2)56-40(53-39-27(41(56)58)5-7-30(52-39)22-9-11-42(47,48)12-10-22)31(15-21-13-25(45)18-26(46)14-21)51-34(57)19-55-33-17-24-16-28(24)36(33)37(54-55)23-3-4-23;1-2-3-4-5-10-6-8-11-9-7-10;1-3-2/h5-8,13-14,18,22-24,28,31,49-50H,3-4,9-12,15-17,19H2,1-2H3,(H,51,57);2-9H2,1H3;3H2,1-2H3. The number of fused-ring (bicyclic) bond motifs is 4. The second-order valence-corrected chi connectivity index (χ2v) is 20.6. The molecule has 1 saturated heterocycles. The number of nitrogens with one attached hydrogen (secondary N) is 3. The number of carbonyl (C=O) groups excluding carboxylic acids is 1. The van der Waals surface area contributed by atoms with Crippen LogP contribution in [0.5, 0.6) is 0 Å². The summed E-state index contributed by atoms with van der Waals surface area (Å²) in [6, 6.07) is 8.36. The van der Waals surface area contributed by atoms with E-state index in [1.807, 2.05) is 0 Å². The summed E-state index contributed by atoms with van der Waals surface area (Å²) in [4.78, 5) is 41.4. The summed E-state index contributed by atoms with van der Waals surface area (Å²) in [6.45, 7) is 13.5. The van der Waals surface area contributed by atoms with Crippen molar-refractivity contribution >= 4 is 41.6 Å². The summed E-state index contributed by atoms with van der Waals surface area (Å²) in [6.07, 6.45) is 9.14. The Bertz CT molecular complexity index is 2780. The predicted octanol–water partition coefficient (Wildman–Crippen LogP) is 10.2. The van der Waals surface area contributed by atoms with Crippen molar-refractivity contribution in [2.24, 2.45) is 5.92 Å². The van der Waals surface area contributed by atoms with E-state index in [2.05, 4.69) is 36.2 Å². The van der Waals surface area contributed by atoms with E-state index < -0.39 is 35.1 Å². The maximum absolute atomic E-state index is 14.9. The lowest BCUT2D eigenvalue weighted by molar-refractivity contribution is -0.122. The van der Waals surface area contributed by atoms with Gasteiger partial charge in [-0.25, -0.2) is 27.5 Å². The highest BCUT2D eigenvalue weighted by molar-refractivity contribution is 6.77. The first-order chi connectivity index (χ1) is 34.6. The summed E-state index contributed by atoms with van der Waals surface area (Å²) in [5.74, 6) is -3.60. The van der Waals surface area contributed by atoms with Crippen LogP contribution in [-0.4, -0.2) is 94.0 Å². The molecule has 385 valence electrons. The van der Waals surface area contributed by atoms with Crippen molar-refractivity contribution in [1.29, 1.82) is 5.41 Å². The van der Waals surface area contributed by atoms with Crippen LogP contribution in [0, 0.1) is 29.9 Å². The number of benzene rings is 2. The molecule has 4 heterocycles. The van der Waals surface area contributed by atoms with Crippen LogP contribution in [0.4, 0.5) is 17.6 Å². The van der Waals surface area contributed by atoms with E-state index in [0.717, 1.165) is 81.6 Å². The van der Waals surface area contributed by atoms with Gasteiger partial charge in [-0.3, -0.25) is 23.7 Å². The Morgan fingerprint density at radius 3 is 2.36 bits per heavy atom. The van der Waals surface area contributed by atoms with Crippen molar-refractivity contribution in [1.82, 2.24) is 39.8 Å². The number of ether oxygens (including phenoxy) is 1. The number of nitrogens with zero attached hydrogens (tertiary/aromatic N) is 6. The minimum Gasteiger partial charge on any atom is -0.379 e. The quantitative estimate of drug-likeness (QED) is 0.0384. The highest BCUT2D eigenvalue weighted by atomic mass is 35.5. The molecule has 1 aliphatic heterocycles. The number of aromatic nitrogens is 5. The number of hydrogen-bond acceptors (Lipinski definition) is 9. The van der Waals surface area contributed by atoms with Crippen molar-refractivity contribution in [2.75, 3.05) is 39.9 Å². The Morgan fingerprint density at radius 2 is 1.69 bits per heavy atom. The van der Waals surface area contributed by atoms with Crippen molar-refractivity contribution in [2.45, 2.75) is 147 Å². The highest BCUT2D eigenvalue weighted by Gasteiger charge is 2.51. The third-order valence-electron chi connectivity index (χ3n) is 14.4. The number of unbranched alkanes of at least 4 members (excludes halogenated alkanes) is 2. The van der Waals surface area contributed by atoms with Crippen LogP contribution in [-0.2, 0) is 28.9 Å². The van der Waals surface area contributed by atoms with Gasteiger partial charge in [0, 0.05) is 83.4 Å². The molecule has 3 atom stereocenters. The largest absolute Gasteiger partial charge is 0.379 e. The zero-order valence-corrected chi connectivity index (χ0v) is 43.0. The van der Waals surface area contributed by atoms with Gasteiger partial charge in [0.15, 0.2) is 5.65 Å². The first-order valence-corrected chi connectivity index (χ1v) is 26.3. The summed E-state index contributed by atoms with van der Waals surface area (Å²) in [5.41, 5.74) is 4.81. The molecule has 10 rings (SSSR count). The molecule has 2 aromatic carbocycles. The van der Waals surface area contributed by atoms with E-state index in [1.165, 1.54) is 49.8 Å². The molecule has 1 amide bonds. The van der Waals surface area contributed by atoms with Crippen molar-refractivity contribution < 1.29 is 27.1 Å². The molecule has 1 radical (unpaired) electrons. The van der Waals surface area contributed by atoms with Gasteiger partial charge in [0.2, 0.25) is 11.8 Å². The predicted molar refractivity (Wildman–Crippen MR) is 275 cm³/mol. The molecule has 12 nitrogen and oxygen atoms in total. The Kier molecular flexibility index (Phi) is 17.4. The lowest BCUT2D eigenvalue weighted by atomic mass is 9.80. The Hall–Kier alpha value is -4.97. The zero-order valence-electron chi connectivity index (χ0n) is 42.2. The maximum Gasteiger partial charge on any atom is 0.270 e. The normalized spacial score (nSPS) is 19.6. The van der Waals surface area contributed by atoms with Gasteiger partial charge >= 0.3 is 0 Å². The Balaban J connectivity index is 0.000000432. The molecular weight excluding hydrogens is 945 g/mol. The molecule has 3 unspecified atom stereocenters. The number of alkyl halides is 2. The van der Waals surface area contributed by atoms with Gasteiger partial charge in [-0.15, -0.1) is 0 Å². The number of halogens is 5. The Morgan fingerprint density at radius 1 is 0.986 bits per heavy atom. The molecule has 3 aromatic heterocycles. The molecular formula is C54H68BClF4N9O3. The third kappa shape index (κ3) is 12.5. The van der Waals surface area contributed by atoms with Gasteiger partial charge < -0.3 is 20.7 Å². The van der Waals surface area contributed by atoms with E-state index in [0.29, 0.717) is 40.3 Å². The molecule has 18 heteroatoms. The minimum atomic E-state index is -2.75. The van der Waals surface area contributed by atoms with E-state index in [9.17, 15) is 27.2 Å². The van der Waals surface area contributed by atoms with Gasteiger partial charge in [-0.1, -0.05) is 51.6 Å². The number of rotatable bonds is 16. The van der Waals surface area contributed by atoms with Crippen LogP contribution in [0.1, 0.15) is 160 Å². The SMILES string of the molecule is CCC.CCCCCN1CCOCC1.CN[B]C(=N)c1c(Cl)ccc(-n2c(C(Cc3cc(F)cc(F)c3)NC(=O)Cn3nc(C4CC4)c4c3CC3CC43)nc3nc(C4CCC(F)(F)CC4)ccc3c2=O)c1C. The van der Waals surface area contributed by atoms with Gasteiger partial charge in [-0.2, -0.15) is 5.10 Å². The summed E-state index contributed by atoms with van der Waals surface area (Å²) in [5, 5.41) is 19.9. The van der Waals surface area contributed by atoms with Crippen LogP contribution in [0.25, 0.3) is 16.7 Å². The minimum absolute atomic E-state index is 0.0152. The third-order valence-corrected chi connectivity index (χ3v) is 14.7. The summed E-state index contributed by atoms with van der Waals surface area (Å²) in [7, 11) is 3.10. The van der Waals surface area contributed by atoms with E-state index >= 15 is 0 Å². The first-order valence-electron chi connectivity index (χ1n) is 26.0.